The van der Waals surface area contributed by atoms with Crippen LogP contribution < -0.4 is 40.4 Å². The van der Waals surface area contributed by atoms with Crippen LogP contribution in [0, 0.1) is 25.6 Å². The average Bonchev–Trinajstić information content (AvgIpc) is 1.59. The Bertz CT molecular complexity index is 4420. The van der Waals surface area contributed by atoms with Crippen LogP contribution in [0.15, 0.2) is 126 Å². The number of hydrogen-bond donors (Lipinski definition) is 3. The summed E-state index contributed by atoms with van der Waals surface area (Å²) in [4.78, 5) is 42.1. The van der Waals surface area contributed by atoms with Gasteiger partial charge in [0.05, 0.1) is 72.0 Å². The molecule has 1 amide bonds. The highest BCUT2D eigenvalue weighted by Gasteiger charge is 2.53. The molecular formula is C65H74BFN12O11S2. The van der Waals surface area contributed by atoms with E-state index in [4.69, 9.17) is 28.3 Å². The second kappa shape index (κ2) is 26.4. The van der Waals surface area contributed by atoms with Crippen LogP contribution in [0.25, 0.3) is 33.5 Å². The minimum absolute atomic E-state index is 0.0270. The smallest absolute Gasteiger partial charge is 0.497 e. The summed E-state index contributed by atoms with van der Waals surface area (Å²) in [5, 5.41) is 10.7. The molecule has 2 atom stereocenters. The van der Waals surface area contributed by atoms with E-state index in [1.807, 2.05) is 70.7 Å². The predicted octanol–water partition coefficient (Wildman–Crippen LogP) is 9.70. The summed E-state index contributed by atoms with van der Waals surface area (Å²) >= 11 is 0. The zero-order valence-corrected chi connectivity index (χ0v) is 54.6. The molecule has 2 saturated heterocycles. The van der Waals surface area contributed by atoms with E-state index in [9.17, 15) is 21.6 Å². The van der Waals surface area contributed by atoms with Crippen molar-refractivity contribution in [1.29, 1.82) is 0 Å². The molecule has 7 heterocycles. The highest BCUT2D eigenvalue weighted by Crippen LogP contribution is 2.40. The molecule has 0 radical (unpaired) electrons. The van der Waals surface area contributed by atoms with Crippen LogP contribution in [-0.4, -0.2) is 131 Å². The number of nitrogens with one attached hydrogen (secondary N) is 3. The minimum atomic E-state index is -4.15. The Kier molecular flexibility index (Phi) is 18.5. The summed E-state index contributed by atoms with van der Waals surface area (Å²) in [6.07, 6.45) is 11.6. The Hall–Kier alpha value is -8.92. The fourth-order valence-corrected chi connectivity index (χ4v) is 14.2. The molecule has 5 aromatic heterocycles. The van der Waals surface area contributed by atoms with Crippen LogP contribution in [-0.2, 0) is 47.2 Å². The van der Waals surface area contributed by atoms with Gasteiger partial charge in [-0.25, -0.2) is 59.1 Å². The van der Waals surface area contributed by atoms with Crippen molar-refractivity contribution in [3.63, 3.8) is 0 Å². The fourth-order valence-electron chi connectivity index (χ4n) is 11.6. The molecule has 1 aliphatic carbocycles. The molecule has 0 unspecified atom stereocenters. The topological polar surface area (TPSA) is 267 Å². The molecule has 1 saturated carbocycles. The first-order chi connectivity index (χ1) is 44.0. The summed E-state index contributed by atoms with van der Waals surface area (Å²) in [6.45, 7) is 13.7. The number of benzene rings is 4. The summed E-state index contributed by atoms with van der Waals surface area (Å²) < 4.78 is 108. The summed E-state index contributed by atoms with van der Waals surface area (Å²) in [5.74, 6) is 2.71. The Morgan fingerprint density at radius 1 is 0.641 bits per heavy atom. The van der Waals surface area contributed by atoms with E-state index in [-0.39, 0.29) is 62.7 Å². The monoisotopic (exact) mass is 1290 g/mol. The van der Waals surface area contributed by atoms with Crippen LogP contribution in [0.2, 0.25) is 0 Å². The van der Waals surface area contributed by atoms with Gasteiger partial charge in [0.2, 0.25) is 5.91 Å². The van der Waals surface area contributed by atoms with Crippen molar-refractivity contribution in [2.75, 3.05) is 57.5 Å². The maximum absolute atomic E-state index is 15.4. The van der Waals surface area contributed by atoms with Gasteiger partial charge in [0.15, 0.2) is 28.8 Å². The number of likely N-dealkylation sites (tertiary alicyclic amines) is 1. The van der Waals surface area contributed by atoms with Crippen molar-refractivity contribution in [3.8, 4) is 34.4 Å². The van der Waals surface area contributed by atoms with Crippen LogP contribution in [0.5, 0.6) is 23.0 Å². The number of hydrogen-bond acceptors (Lipinski definition) is 20. The lowest BCUT2D eigenvalue weighted by molar-refractivity contribution is -0.135. The third kappa shape index (κ3) is 13.0. The standard InChI is InChI=1S/C37H41FN8O5S.C28H33BN4O6S/c1-23-9-13-28(14-10-23)52(48,49)46-21-29(32-35(41-22-42-36(32)46)39-19-25-11-12-27(50-2)18-31(25)51-3)33-40-20-30(38)34(44-33)43-26-8-6-7-24(17-26)37(47)45-15-4-5-16-45;1-18-8-12-21(13-9-18)40(34,35)33-16-22(29-38-27(2,3)28(4,5)39-29)24-25(31-17-32-26(24)33)30-15-19-10-11-20(36-6)14-23(19)37-7/h9-14,18,20-22,24,26H,4-8,15-17,19H2,1-3H3,(H,39,41,42)(H,40,43,44);8-14,16-17H,15H2,1-7H3,(H,30,31,32)/t24-,26+;/m0./s1. The van der Waals surface area contributed by atoms with Gasteiger partial charge in [0.1, 0.15) is 47.3 Å². The molecule has 3 aliphatic rings. The number of carbonyl (C=O) groups is 1. The van der Waals surface area contributed by atoms with Crippen molar-refractivity contribution in [2.45, 2.75) is 120 Å². The molecule has 482 valence electrons. The lowest BCUT2D eigenvalue weighted by atomic mass is 9.79. The Morgan fingerprint density at radius 3 is 1.67 bits per heavy atom. The highest BCUT2D eigenvalue weighted by molar-refractivity contribution is 7.90. The van der Waals surface area contributed by atoms with Crippen molar-refractivity contribution >= 4 is 78.1 Å². The number of aryl methyl sites for hydroxylation is 2. The molecule has 0 spiro atoms. The van der Waals surface area contributed by atoms with Gasteiger partial charge in [0.25, 0.3) is 20.0 Å². The van der Waals surface area contributed by atoms with Gasteiger partial charge >= 0.3 is 7.12 Å². The summed E-state index contributed by atoms with van der Waals surface area (Å²) in [6, 6.07) is 24.0. The number of methoxy groups -OCH3 is 4. The quantitative estimate of drug-likeness (QED) is 0.0636. The van der Waals surface area contributed by atoms with Crippen LogP contribution in [0.3, 0.4) is 0 Å². The van der Waals surface area contributed by atoms with Gasteiger partial charge < -0.3 is 49.1 Å². The van der Waals surface area contributed by atoms with Crippen molar-refractivity contribution in [2.24, 2.45) is 5.92 Å². The lowest BCUT2D eigenvalue weighted by Gasteiger charge is -2.32. The molecule has 2 aliphatic heterocycles. The lowest BCUT2D eigenvalue weighted by Crippen LogP contribution is -2.41. The second-order valence-corrected chi connectivity index (χ2v) is 27.6. The molecule has 3 fully saturated rings. The van der Waals surface area contributed by atoms with Crippen molar-refractivity contribution < 1.29 is 54.3 Å². The zero-order valence-electron chi connectivity index (χ0n) is 53.0. The molecule has 27 heteroatoms. The van der Waals surface area contributed by atoms with Crippen molar-refractivity contribution in [3.05, 3.63) is 144 Å². The van der Waals surface area contributed by atoms with Gasteiger partial charge in [-0.1, -0.05) is 41.8 Å². The Morgan fingerprint density at radius 2 is 1.15 bits per heavy atom. The van der Waals surface area contributed by atoms with E-state index >= 15 is 4.39 Å². The van der Waals surface area contributed by atoms with E-state index in [1.54, 1.807) is 77.0 Å². The number of ether oxygens (including phenoxy) is 4. The number of nitrogens with zero attached hydrogens (tertiary/aromatic N) is 9. The molecule has 4 aromatic carbocycles. The molecule has 3 N–H and O–H groups in total. The third-order valence-electron chi connectivity index (χ3n) is 17.4. The Labute approximate surface area is 534 Å². The number of anilines is 3. The zero-order chi connectivity index (χ0) is 65.3. The van der Waals surface area contributed by atoms with Crippen LogP contribution in [0.4, 0.5) is 21.8 Å². The van der Waals surface area contributed by atoms with Gasteiger partial charge in [-0.15, -0.1) is 0 Å². The molecule has 0 bridgehead atoms. The summed E-state index contributed by atoms with van der Waals surface area (Å²) in [5.41, 5.74) is 3.33. The van der Waals surface area contributed by atoms with Gasteiger partial charge in [0, 0.05) is 79.3 Å². The van der Waals surface area contributed by atoms with Crippen LogP contribution >= 0.6 is 0 Å². The highest BCUT2D eigenvalue weighted by atomic mass is 32.2. The third-order valence-corrected chi connectivity index (χ3v) is 20.8. The maximum Gasteiger partial charge on any atom is 0.497 e. The fraction of sp³-hybridized carbons (Fsp3) is 0.369. The largest absolute Gasteiger partial charge is 0.497 e. The molecule has 92 heavy (non-hydrogen) atoms. The summed E-state index contributed by atoms with van der Waals surface area (Å²) in [7, 11) is -2.67. The first-order valence-corrected chi connectivity index (χ1v) is 33.1. The number of amides is 1. The first kappa shape index (κ1) is 64.6. The molecule has 9 aromatic rings. The number of aromatic nitrogens is 8. The van der Waals surface area contributed by atoms with E-state index in [0.29, 0.717) is 63.8 Å². The Balaban J connectivity index is 0.000000195. The average molecular weight is 1290 g/mol. The van der Waals surface area contributed by atoms with Crippen molar-refractivity contribution in [1.82, 2.24) is 42.7 Å². The SMILES string of the molecule is COc1ccc(CNc2ncnc3c2c(-c2ncc(F)c(N[C@@H]4CCC[C@H](C(=O)N5CCCC5)C4)n2)cn3S(=O)(=O)c2ccc(C)cc2)c(OC)c1.COc1ccc(CNc2ncnc3c2c(B2OC(C)(C)C(C)(C)O2)cn3S(=O)(=O)c2ccc(C)cc2)c(OC)c1. The molecule has 12 rings (SSSR count). The van der Waals surface area contributed by atoms with Gasteiger partial charge in [-0.2, -0.15) is 0 Å². The van der Waals surface area contributed by atoms with E-state index in [2.05, 4.69) is 45.9 Å². The minimum Gasteiger partial charge on any atom is -0.497 e. The van der Waals surface area contributed by atoms with Gasteiger partial charge in [-0.05, 0) is 122 Å². The maximum atomic E-state index is 15.4. The van der Waals surface area contributed by atoms with Crippen LogP contribution in [0.1, 0.15) is 88.5 Å². The molecular weight excluding hydrogens is 1220 g/mol. The molecule has 23 nitrogen and oxygen atoms in total. The van der Waals surface area contributed by atoms with E-state index in [1.165, 1.54) is 41.2 Å². The number of carbonyl (C=O) groups excluding carboxylic acids is 1. The number of rotatable bonds is 19. The number of halogens is 1. The van der Waals surface area contributed by atoms with E-state index < -0.39 is 44.2 Å². The normalized spacial score (nSPS) is 17.1. The predicted molar refractivity (Wildman–Crippen MR) is 348 cm³/mol. The first-order valence-electron chi connectivity index (χ1n) is 30.2. The second-order valence-electron chi connectivity index (χ2n) is 24.0. The van der Waals surface area contributed by atoms with E-state index in [0.717, 1.165) is 77.6 Å². The van der Waals surface area contributed by atoms with Gasteiger partial charge in [-0.3, -0.25) is 4.79 Å². The number of fused-ring (bicyclic) bond motifs is 2.